The monoisotopic (exact) mass is 357 g/mol. The molecule has 0 fully saturated rings. The van der Waals surface area contributed by atoms with Crippen molar-refractivity contribution in [2.45, 2.75) is 6.54 Å². The molecule has 1 N–H and O–H groups in total. The summed E-state index contributed by atoms with van der Waals surface area (Å²) in [6.07, 6.45) is 0. The highest BCUT2D eigenvalue weighted by Crippen LogP contribution is 2.32. The SMILES string of the molecule is CN(CC(=O)Nc1ccc2c(c1)OCCO2)Cc1ccccc1[N+](=O)[O-]. The van der Waals surface area contributed by atoms with Crippen molar-refractivity contribution in [1.82, 2.24) is 4.90 Å². The van der Waals surface area contributed by atoms with Gasteiger partial charge in [-0.15, -0.1) is 0 Å². The molecule has 2 aromatic carbocycles. The van der Waals surface area contributed by atoms with Gasteiger partial charge in [0.25, 0.3) is 5.69 Å². The van der Waals surface area contributed by atoms with E-state index in [1.54, 1.807) is 48.3 Å². The van der Waals surface area contributed by atoms with E-state index in [2.05, 4.69) is 5.32 Å². The summed E-state index contributed by atoms with van der Waals surface area (Å²) in [6, 6.07) is 11.7. The molecular weight excluding hydrogens is 338 g/mol. The molecule has 3 rings (SSSR count). The van der Waals surface area contributed by atoms with Crippen LogP contribution >= 0.6 is 0 Å². The number of anilines is 1. The number of nitro benzene ring substituents is 1. The highest BCUT2D eigenvalue weighted by atomic mass is 16.6. The van der Waals surface area contributed by atoms with Crippen LogP contribution in [0, 0.1) is 10.1 Å². The third-order valence-electron chi connectivity index (χ3n) is 3.87. The van der Waals surface area contributed by atoms with Gasteiger partial charge in [0.05, 0.1) is 11.5 Å². The minimum Gasteiger partial charge on any atom is -0.486 e. The number of ether oxygens (including phenoxy) is 2. The van der Waals surface area contributed by atoms with E-state index in [4.69, 9.17) is 9.47 Å². The quantitative estimate of drug-likeness (QED) is 0.630. The van der Waals surface area contributed by atoms with E-state index in [-0.39, 0.29) is 18.1 Å². The van der Waals surface area contributed by atoms with Gasteiger partial charge in [0.2, 0.25) is 5.91 Å². The maximum absolute atomic E-state index is 12.2. The molecule has 1 heterocycles. The Bertz CT molecular complexity index is 824. The summed E-state index contributed by atoms with van der Waals surface area (Å²) in [4.78, 5) is 24.6. The lowest BCUT2D eigenvalue weighted by Crippen LogP contribution is -2.30. The van der Waals surface area contributed by atoms with Crippen molar-refractivity contribution >= 4 is 17.3 Å². The van der Waals surface area contributed by atoms with Crippen LogP contribution in [0.4, 0.5) is 11.4 Å². The van der Waals surface area contributed by atoms with E-state index >= 15 is 0 Å². The van der Waals surface area contributed by atoms with E-state index in [1.807, 2.05) is 0 Å². The molecule has 0 spiro atoms. The number of nitrogens with one attached hydrogen (secondary N) is 1. The van der Waals surface area contributed by atoms with Gasteiger partial charge < -0.3 is 14.8 Å². The Morgan fingerprint density at radius 2 is 1.92 bits per heavy atom. The average Bonchev–Trinajstić information content (AvgIpc) is 2.61. The number of fused-ring (bicyclic) bond motifs is 1. The van der Waals surface area contributed by atoms with Gasteiger partial charge in [0, 0.05) is 29.9 Å². The van der Waals surface area contributed by atoms with Crippen LogP contribution < -0.4 is 14.8 Å². The fourth-order valence-corrected chi connectivity index (χ4v) is 2.74. The smallest absolute Gasteiger partial charge is 0.273 e. The third-order valence-corrected chi connectivity index (χ3v) is 3.87. The fourth-order valence-electron chi connectivity index (χ4n) is 2.74. The summed E-state index contributed by atoms with van der Waals surface area (Å²) in [5, 5.41) is 13.9. The molecule has 136 valence electrons. The standard InChI is InChI=1S/C18H19N3O5/c1-20(11-13-4-2-3-5-15(13)21(23)24)12-18(22)19-14-6-7-16-17(10-14)26-9-8-25-16/h2-7,10H,8-9,11-12H2,1H3,(H,19,22). The lowest BCUT2D eigenvalue weighted by Gasteiger charge is -2.20. The third kappa shape index (κ3) is 4.28. The van der Waals surface area contributed by atoms with Gasteiger partial charge >= 0.3 is 0 Å². The predicted molar refractivity (Wildman–Crippen MR) is 95.5 cm³/mol. The molecule has 1 aliphatic heterocycles. The normalized spacial score (nSPS) is 12.7. The predicted octanol–water partition coefficient (Wildman–Crippen LogP) is 2.44. The topological polar surface area (TPSA) is 93.9 Å². The van der Waals surface area contributed by atoms with Gasteiger partial charge in [-0.05, 0) is 19.2 Å². The molecule has 0 aliphatic carbocycles. The summed E-state index contributed by atoms with van der Waals surface area (Å²) in [5.74, 6) is 1.04. The molecule has 8 nitrogen and oxygen atoms in total. The van der Waals surface area contributed by atoms with Crippen LogP contribution in [0.25, 0.3) is 0 Å². The summed E-state index contributed by atoms with van der Waals surface area (Å²) in [6.45, 7) is 1.38. The van der Waals surface area contributed by atoms with Crippen LogP contribution in [0.5, 0.6) is 11.5 Å². The first kappa shape index (κ1) is 17.7. The molecule has 1 aliphatic rings. The molecule has 8 heteroatoms. The van der Waals surface area contributed by atoms with Crippen LogP contribution in [-0.2, 0) is 11.3 Å². The molecule has 0 unspecified atom stereocenters. The zero-order chi connectivity index (χ0) is 18.5. The number of carbonyl (C=O) groups excluding carboxylic acids is 1. The van der Waals surface area contributed by atoms with E-state index in [9.17, 15) is 14.9 Å². The van der Waals surface area contributed by atoms with Crippen molar-refractivity contribution < 1.29 is 19.2 Å². The van der Waals surface area contributed by atoms with E-state index in [0.717, 1.165) is 0 Å². The van der Waals surface area contributed by atoms with Gasteiger partial charge in [0.15, 0.2) is 11.5 Å². The number of benzene rings is 2. The lowest BCUT2D eigenvalue weighted by atomic mass is 10.1. The van der Waals surface area contributed by atoms with Crippen LogP contribution in [0.2, 0.25) is 0 Å². The number of hydrogen-bond donors (Lipinski definition) is 1. The Morgan fingerprint density at radius 1 is 1.19 bits per heavy atom. The minimum atomic E-state index is -0.418. The second-order valence-electron chi connectivity index (χ2n) is 5.96. The van der Waals surface area contributed by atoms with Gasteiger partial charge in [-0.25, -0.2) is 0 Å². The molecule has 0 bridgehead atoms. The molecule has 0 saturated heterocycles. The maximum atomic E-state index is 12.2. The number of rotatable bonds is 6. The van der Waals surface area contributed by atoms with E-state index in [0.29, 0.717) is 42.5 Å². The van der Waals surface area contributed by atoms with Crippen molar-refractivity contribution in [1.29, 1.82) is 0 Å². The maximum Gasteiger partial charge on any atom is 0.273 e. The number of nitro groups is 1. The van der Waals surface area contributed by atoms with Crippen LogP contribution in [0.1, 0.15) is 5.56 Å². The Morgan fingerprint density at radius 3 is 2.69 bits per heavy atom. The van der Waals surface area contributed by atoms with Gasteiger partial charge in [-0.3, -0.25) is 19.8 Å². The average molecular weight is 357 g/mol. The number of carbonyl (C=O) groups is 1. The van der Waals surface area contributed by atoms with E-state index < -0.39 is 4.92 Å². The van der Waals surface area contributed by atoms with Crippen molar-refractivity contribution in [3.8, 4) is 11.5 Å². The molecule has 0 radical (unpaired) electrons. The Kier molecular flexibility index (Phi) is 5.33. The molecule has 0 atom stereocenters. The van der Waals surface area contributed by atoms with E-state index in [1.165, 1.54) is 6.07 Å². The second kappa shape index (κ2) is 7.83. The highest BCUT2D eigenvalue weighted by molar-refractivity contribution is 5.92. The number of amides is 1. The molecule has 2 aromatic rings. The Hall–Kier alpha value is -3.13. The number of hydrogen-bond acceptors (Lipinski definition) is 6. The van der Waals surface area contributed by atoms with Gasteiger partial charge in [0.1, 0.15) is 13.2 Å². The number of para-hydroxylation sites is 1. The summed E-state index contributed by atoms with van der Waals surface area (Å²) in [7, 11) is 1.74. The molecule has 26 heavy (non-hydrogen) atoms. The molecule has 0 saturated carbocycles. The van der Waals surface area contributed by atoms with Crippen molar-refractivity contribution in [2.75, 3.05) is 32.1 Å². The Labute approximate surface area is 150 Å². The molecular formula is C18H19N3O5. The summed E-state index contributed by atoms with van der Waals surface area (Å²) in [5.41, 5.74) is 1.22. The first-order valence-electron chi connectivity index (χ1n) is 8.13. The van der Waals surface area contributed by atoms with Crippen molar-refractivity contribution in [3.05, 3.63) is 58.1 Å². The minimum absolute atomic E-state index is 0.0478. The zero-order valence-corrected chi connectivity index (χ0v) is 14.3. The first-order chi connectivity index (χ1) is 12.5. The molecule has 1 amide bonds. The van der Waals surface area contributed by atoms with Crippen LogP contribution in [-0.4, -0.2) is 42.5 Å². The molecule has 0 aromatic heterocycles. The van der Waals surface area contributed by atoms with Gasteiger partial charge in [-0.1, -0.05) is 18.2 Å². The zero-order valence-electron chi connectivity index (χ0n) is 14.3. The summed E-state index contributed by atoms with van der Waals surface area (Å²) >= 11 is 0. The highest BCUT2D eigenvalue weighted by Gasteiger charge is 2.16. The fraction of sp³-hybridized carbons (Fsp3) is 0.278. The van der Waals surface area contributed by atoms with Crippen LogP contribution in [0.15, 0.2) is 42.5 Å². The van der Waals surface area contributed by atoms with Crippen LogP contribution in [0.3, 0.4) is 0 Å². The number of nitrogens with zero attached hydrogens (tertiary/aromatic N) is 2. The largest absolute Gasteiger partial charge is 0.486 e. The summed E-state index contributed by atoms with van der Waals surface area (Å²) < 4.78 is 10.9. The number of likely N-dealkylation sites (N-methyl/N-ethyl adjacent to an activating group) is 1. The van der Waals surface area contributed by atoms with Crippen molar-refractivity contribution in [3.63, 3.8) is 0 Å². The Balaban J connectivity index is 1.59. The lowest BCUT2D eigenvalue weighted by molar-refractivity contribution is -0.385. The first-order valence-corrected chi connectivity index (χ1v) is 8.13. The van der Waals surface area contributed by atoms with Gasteiger partial charge in [-0.2, -0.15) is 0 Å². The second-order valence-corrected chi connectivity index (χ2v) is 5.96. The van der Waals surface area contributed by atoms with Crippen molar-refractivity contribution in [2.24, 2.45) is 0 Å².